The van der Waals surface area contributed by atoms with Gasteiger partial charge in [0.1, 0.15) is 5.82 Å². The molecular formula is C25H21Cl2N3O2. The lowest BCUT2D eigenvalue weighted by Crippen LogP contribution is -2.24. The normalized spacial score (nSPS) is 11.0. The van der Waals surface area contributed by atoms with Gasteiger partial charge in [0, 0.05) is 11.4 Å². The van der Waals surface area contributed by atoms with Crippen molar-refractivity contribution in [1.82, 2.24) is 9.55 Å². The van der Waals surface area contributed by atoms with E-state index in [1.54, 1.807) is 35.8 Å². The predicted molar refractivity (Wildman–Crippen MR) is 130 cm³/mol. The number of amides is 1. The number of anilines is 1. The Hall–Kier alpha value is -3.15. The molecule has 0 radical (unpaired) electrons. The van der Waals surface area contributed by atoms with Crippen LogP contribution < -0.4 is 10.9 Å². The lowest BCUT2D eigenvalue weighted by Gasteiger charge is -2.13. The number of nitrogens with one attached hydrogen (secondary N) is 1. The first-order valence-electron chi connectivity index (χ1n) is 10.2. The largest absolute Gasteiger partial charge is 0.325 e. The van der Waals surface area contributed by atoms with Gasteiger partial charge in [-0.3, -0.25) is 14.2 Å². The number of aryl methyl sites for hydroxylation is 2. The van der Waals surface area contributed by atoms with Gasteiger partial charge in [0.2, 0.25) is 5.91 Å². The molecule has 7 heteroatoms. The van der Waals surface area contributed by atoms with Gasteiger partial charge in [-0.1, -0.05) is 65.7 Å². The van der Waals surface area contributed by atoms with Crippen molar-refractivity contribution in [2.24, 2.45) is 0 Å². The molecule has 3 aromatic carbocycles. The number of nitrogens with zero attached hydrogens (tertiary/aromatic N) is 2. The molecule has 0 atom stereocenters. The first kappa shape index (κ1) is 22.1. The van der Waals surface area contributed by atoms with E-state index in [-0.39, 0.29) is 11.5 Å². The van der Waals surface area contributed by atoms with Crippen molar-refractivity contribution >= 4 is 45.7 Å². The maximum atomic E-state index is 13.2. The summed E-state index contributed by atoms with van der Waals surface area (Å²) < 4.78 is 1.60. The zero-order valence-corrected chi connectivity index (χ0v) is 19.0. The first-order valence-corrected chi connectivity index (χ1v) is 11.0. The van der Waals surface area contributed by atoms with Crippen molar-refractivity contribution in [2.75, 3.05) is 5.32 Å². The molecule has 4 rings (SSSR count). The van der Waals surface area contributed by atoms with E-state index in [1.807, 2.05) is 42.5 Å². The van der Waals surface area contributed by atoms with Gasteiger partial charge in [-0.25, -0.2) is 4.98 Å². The van der Waals surface area contributed by atoms with Crippen LogP contribution in [0.5, 0.6) is 0 Å². The van der Waals surface area contributed by atoms with Gasteiger partial charge in [0.25, 0.3) is 5.56 Å². The third-order valence-corrected chi connectivity index (χ3v) is 5.81. The molecule has 0 fully saturated rings. The Kier molecular flexibility index (Phi) is 6.58. The fraction of sp³-hybridized carbons (Fsp3) is 0.160. The second-order valence-electron chi connectivity index (χ2n) is 7.56. The van der Waals surface area contributed by atoms with E-state index < -0.39 is 0 Å². The summed E-state index contributed by atoms with van der Waals surface area (Å²) in [6.45, 7) is 2.15. The summed E-state index contributed by atoms with van der Waals surface area (Å²) in [5.74, 6) is 0.407. The molecule has 1 N–H and O–H groups in total. The van der Waals surface area contributed by atoms with Crippen molar-refractivity contribution in [3.8, 4) is 0 Å². The molecule has 0 saturated carbocycles. The van der Waals surface area contributed by atoms with E-state index in [0.717, 1.165) is 11.1 Å². The SMILES string of the molecule is Cc1nc2cc(Cl)c(NC(=O)CCc3ccccc3)cc2c(=O)n1Cc1ccc(Cl)cc1. The molecule has 162 valence electrons. The zero-order valence-electron chi connectivity index (χ0n) is 17.4. The van der Waals surface area contributed by atoms with Gasteiger partial charge in [0.15, 0.2) is 0 Å². The number of carbonyl (C=O) groups excluding carboxylic acids is 1. The minimum Gasteiger partial charge on any atom is -0.325 e. The van der Waals surface area contributed by atoms with Gasteiger partial charge < -0.3 is 5.32 Å². The quantitative estimate of drug-likeness (QED) is 0.401. The van der Waals surface area contributed by atoms with Crippen LogP contribution in [0.15, 0.2) is 71.5 Å². The number of aromatic nitrogens is 2. The average Bonchev–Trinajstić information content (AvgIpc) is 2.78. The van der Waals surface area contributed by atoms with Crippen LogP contribution in [-0.2, 0) is 17.8 Å². The second-order valence-corrected chi connectivity index (χ2v) is 8.40. The monoisotopic (exact) mass is 465 g/mol. The van der Waals surface area contributed by atoms with Crippen LogP contribution in [0.4, 0.5) is 5.69 Å². The van der Waals surface area contributed by atoms with Crippen LogP contribution in [0.2, 0.25) is 10.0 Å². The van der Waals surface area contributed by atoms with Gasteiger partial charge in [-0.2, -0.15) is 0 Å². The average molecular weight is 466 g/mol. The molecule has 0 unspecified atom stereocenters. The predicted octanol–water partition coefficient (Wildman–Crippen LogP) is 5.63. The Bertz CT molecular complexity index is 1330. The molecular weight excluding hydrogens is 445 g/mol. The lowest BCUT2D eigenvalue weighted by molar-refractivity contribution is -0.116. The molecule has 1 aromatic heterocycles. The molecule has 0 spiro atoms. The number of hydrogen-bond acceptors (Lipinski definition) is 3. The van der Waals surface area contributed by atoms with E-state index in [9.17, 15) is 9.59 Å². The third-order valence-electron chi connectivity index (χ3n) is 5.25. The van der Waals surface area contributed by atoms with Crippen LogP contribution in [0.1, 0.15) is 23.4 Å². The molecule has 0 aliphatic rings. The Morgan fingerprint density at radius 1 is 1.00 bits per heavy atom. The summed E-state index contributed by atoms with van der Waals surface area (Å²) >= 11 is 12.3. The van der Waals surface area contributed by atoms with Gasteiger partial charge in [-0.05, 0) is 48.7 Å². The van der Waals surface area contributed by atoms with Crippen molar-refractivity contribution in [1.29, 1.82) is 0 Å². The highest BCUT2D eigenvalue weighted by atomic mass is 35.5. The molecule has 5 nitrogen and oxygen atoms in total. The van der Waals surface area contributed by atoms with E-state index in [0.29, 0.717) is 51.8 Å². The van der Waals surface area contributed by atoms with Gasteiger partial charge in [0.05, 0.1) is 28.2 Å². The van der Waals surface area contributed by atoms with E-state index >= 15 is 0 Å². The number of hydrogen-bond donors (Lipinski definition) is 1. The van der Waals surface area contributed by atoms with E-state index in [1.165, 1.54) is 0 Å². The number of halogens is 2. The van der Waals surface area contributed by atoms with Crippen LogP contribution in [0.25, 0.3) is 10.9 Å². The summed E-state index contributed by atoms with van der Waals surface area (Å²) in [7, 11) is 0. The summed E-state index contributed by atoms with van der Waals surface area (Å²) in [6.07, 6.45) is 0.928. The lowest BCUT2D eigenvalue weighted by atomic mass is 10.1. The summed E-state index contributed by atoms with van der Waals surface area (Å²) in [5.41, 5.74) is 2.71. The molecule has 32 heavy (non-hydrogen) atoms. The highest BCUT2D eigenvalue weighted by Gasteiger charge is 2.14. The zero-order chi connectivity index (χ0) is 22.7. The molecule has 4 aromatic rings. The van der Waals surface area contributed by atoms with Crippen molar-refractivity contribution in [3.63, 3.8) is 0 Å². The number of carbonyl (C=O) groups is 1. The van der Waals surface area contributed by atoms with Crippen LogP contribution >= 0.6 is 23.2 Å². The molecule has 0 aliphatic heterocycles. The number of fused-ring (bicyclic) bond motifs is 1. The van der Waals surface area contributed by atoms with E-state index in [4.69, 9.17) is 23.2 Å². The number of rotatable bonds is 6. The molecule has 0 saturated heterocycles. The topological polar surface area (TPSA) is 64.0 Å². The minimum absolute atomic E-state index is 0.170. The maximum Gasteiger partial charge on any atom is 0.261 e. The van der Waals surface area contributed by atoms with Crippen LogP contribution in [0.3, 0.4) is 0 Å². The summed E-state index contributed by atoms with van der Waals surface area (Å²) in [6, 6.07) is 20.3. The minimum atomic E-state index is -0.195. The fourth-order valence-corrected chi connectivity index (χ4v) is 3.85. The molecule has 1 amide bonds. The number of benzene rings is 3. The Morgan fingerprint density at radius 2 is 1.72 bits per heavy atom. The summed E-state index contributed by atoms with van der Waals surface area (Å²) in [5, 5.41) is 4.20. The first-order chi connectivity index (χ1) is 15.4. The standard InChI is InChI=1S/C25H21Cl2N3O2/c1-16-28-22-14-21(27)23(29-24(31)12-9-17-5-3-2-4-6-17)13-20(22)25(32)30(16)15-18-7-10-19(26)11-8-18/h2-8,10-11,13-14H,9,12,15H2,1H3,(H,29,31). The smallest absolute Gasteiger partial charge is 0.261 e. The highest BCUT2D eigenvalue weighted by molar-refractivity contribution is 6.34. The second kappa shape index (κ2) is 9.55. The molecule has 0 bridgehead atoms. The Labute approximate surface area is 195 Å². The van der Waals surface area contributed by atoms with Crippen LogP contribution in [0, 0.1) is 6.92 Å². The van der Waals surface area contributed by atoms with Crippen molar-refractivity contribution < 1.29 is 4.79 Å². The van der Waals surface area contributed by atoms with Crippen molar-refractivity contribution in [3.05, 3.63) is 104 Å². The Balaban J connectivity index is 1.60. The third kappa shape index (κ3) is 5.01. The summed E-state index contributed by atoms with van der Waals surface area (Å²) in [4.78, 5) is 30.2. The van der Waals surface area contributed by atoms with Gasteiger partial charge >= 0.3 is 0 Å². The maximum absolute atomic E-state index is 13.2. The van der Waals surface area contributed by atoms with E-state index in [2.05, 4.69) is 10.3 Å². The van der Waals surface area contributed by atoms with Gasteiger partial charge in [-0.15, -0.1) is 0 Å². The molecule has 1 heterocycles. The van der Waals surface area contributed by atoms with Crippen molar-refractivity contribution in [2.45, 2.75) is 26.3 Å². The fourth-order valence-electron chi connectivity index (χ4n) is 3.52. The van der Waals surface area contributed by atoms with Crippen LogP contribution in [-0.4, -0.2) is 15.5 Å². The highest BCUT2D eigenvalue weighted by Crippen LogP contribution is 2.26. The molecule has 0 aliphatic carbocycles. The Morgan fingerprint density at radius 3 is 2.44 bits per heavy atom.